The second-order valence-corrected chi connectivity index (χ2v) is 10.5. The molecule has 0 spiro atoms. The standard InChI is InChI=1S/C22H27N3O2S2/c26-22(24-18-14-25-10-7-15(18)8-11-25)20-5-6-21(29-20)28-17-3-1-16(2-4-17)19-13-23-9-12-27-19/h1-6,15,18-19,23H,7-14H2,(H,24,26). The van der Waals surface area contributed by atoms with E-state index in [1.54, 1.807) is 23.1 Å². The fourth-order valence-electron chi connectivity index (χ4n) is 4.51. The Morgan fingerprint density at radius 1 is 1.17 bits per heavy atom. The highest BCUT2D eigenvalue weighted by Gasteiger charge is 2.35. The number of ether oxygens (including phenoxy) is 1. The maximum absolute atomic E-state index is 12.7. The third-order valence-corrected chi connectivity index (χ3v) is 8.40. The van der Waals surface area contributed by atoms with E-state index in [0.29, 0.717) is 12.0 Å². The Labute approximate surface area is 180 Å². The summed E-state index contributed by atoms with van der Waals surface area (Å²) in [6.07, 6.45) is 2.58. The van der Waals surface area contributed by atoms with Gasteiger partial charge in [0, 0.05) is 30.6 Å². The van der Waals surface area contributed by atoms with Gasteiger partial charge in [-0.15, -0.1) is 11.3 Å². The lowest BCUT2D eigenvalue weighted by Crippen LogP contribution is -2.57. The normalized spacial score (nSPS) is 29.0. The van der Waals surface area contributed by atoms with Gasteiger partial charge in [-0.2, -0.15) is 0 Å². The maximum atomic E-state index is 12.7. The average molecular weight is 430 g/mol. The Kier molecular flexibility index (Phi) is 5.92. The van der Waals surface area contributed by atoms with Crippen LogP contribution < -0.4 is 10.6 Å². The molecule has 2 atom stereocenters. The van der Waals surface area contributed by atoms with Crippen LogP contribution in [0.5, 0.6) is 0 Å². The number of amides is 1. The van der Waals surface area contributed by atoms with Crippen LogP contribution in [0.2, 0.25) is 0 Å². The number of thiophene rings is 1. The number of nitrogens with one attached hydrogen (secondary N) is 2. The van der Waals surface area contributed by atoms with E-state index in [9.17, 15) is 4.79 Å². The van der Waals surface area contributed by atoms with Crippen molar-refractivity contribution in [3.63, 3.8) is 0 Å². The largest absolute Gasteiger partial charge is 0.371 e. The lowest BCUT2D eigenvalue weighted by molar-refractivity contribution is 0.0277. The van der Waals surface area contributed by atoms with Gasteiger partial charge >= 0.3 is 0 Å². The number of nitrogens with zero attached hydrogens (tertiary/aromatic N) is 1. The van der Waals surface area contributed by atoms with Gasteiger partial charge in [0.05, 0.1) is 21.8 Å². The van der Waals surface area contributed by atoms with Gasteiger partial charge in [0.25, 0.3) is 5.91 Å². The summed E-state index contributed by atoms with van der Waals surface area (Å²) in [4.78, 5) is 17.2. The van der Waals surface area contributed by atoms with Gasteiger partial charge < -0.3 is 20.3 Å². The Bertz CT molecular complexity index is 840. The van der Waals surface area contributed by atoms with Gasteiger partial charge in [0.2, 0.25) is 0 Å². The topological polar surface area (TPSA) is 53.6 Å². The molecule has 7 heteroatoms. The molecule has 29 heavy (non-hydrogen) atoms. The molecule has 0 radical (unpaired) electrons. The van der Waals surface area contributed by atoms with Crippen molar-refractivity contribution in [2.75, 3.05) is 39.3 Å². The van der Waals surface area contributed by atoms with Gasteiger partial charge in [0.15, 0.2) is 0 Å². The van der Waals surface area contributed by atoms with Gasteiger partial charge in [0.1, 0.15) is 0 Å². The third kappa shape index (κ3) is 4.54. The van der Waals surface area contributed by atoms with Gasteiger partial charge in [-0.3, -0.25) is 4.79 Å². The number of fused-ring (bicyclic) bond motifs is 3. The van der Waals surface area contributed by atoms with E-state index in [2.05, 4.69) is 45.9 Å². The molecule has 1 aromatic carbocycles. The number of benzene rings is 1. The molecule has 154 valence electrons. The highest BCUT2D eigenvalue weighted by atomic mass is 32.2. The predicted molar refractivity (Wildman–Crippen MR) is 117 cm³/mol. The summed E-state index contributed by atoms with van der Waals surface area (Å²) in [5.41, 5.74) is 1.21. The number of hydrogen-bond donors (Lipinski definition) is 2. The van der Waals surface area contributed by atoms with Crippen molar-refractivity contribution in [3.8, 4) is 0 Å². The fraction of sp³-hybridized carbons (Fsp3) is 0.500. The number of piperidine rings is 3. The minimum Gasteiger partial charge on any atom is -0.371 e. The molecule has 4 aliphatic rings. The van der Waals surface area contributed by atoms with E-state index in [1.807, 2.05) is 6.07 Å². The molecular weight excluding hydrogens is 402 g/mol. The van der Waals surface area contributed by atoms with Crippen LogP contribution in [-0.2, 0) is 4.74 Å². The molecular formula is C22H27N3O2S2. The Morgan fingerprint density at radius 2 is 2.00 bits per heavy atom. The predicted octanol–water partition coefficient (Wildman–Crippen LogP) is 3.38. The lowest BCUT2D eigenvalue weighted by Gasteiger charge is -2.44. The van der Waals surface area contributed by atoms with Crippen LogP contribution in [0.4, 0.5) is 0 Å². The van der Waals surface area contributed by atoms with Crippen LogP contribution in [0.15, 0.2) is 45.5 Å². The summed E-state index contributed by atoms with van der Waals surface area (Å²) in [6.45, 7) is 5.96. The molecule has 2 bridgehead atoms. The number of morpholine rings is 1. The van der Waals surface area contributed by atoms with Crippen molar-refractivity contribution in [1.29, 1.82) is 0 Å². The second kappa shape index (κ2) is 8.78. The molecule has 4 aliphatic heterocycles. The van der Waals surface area contributed by atoms with Crippen molar-refractivity contribution in [2.24, 2.45) is 5.92 Å². The Morgan fingerprint density at radius 3 is 2.69 bits per heavy atom. The first-order chi connectivity index (χ1) is 14.2. The van der Waals surface area contributed by atoms with Gasteiger partial charge in [-0.1, -0.05) is 23.9 Å². The lowest BCUT2D eigenvalue weighted by atomic mass is 9.84. The molecule has 5 nitrogen and oxygen atoms in total. The van der Waals surface area contributed by atoms with Crippen LogP contribution in [0.1, 0.15) is 34.2 Å². The summed E-state index contributed by atoms with van der Waals surface area (Å²) in [7, 11) is 0. The molecule has 2 unspecified atom stereocenters. The fourth-order valence-corrected chi connectivity index (χ4v) is 6.52. The van der Waals surface area contributed by atoms with Crippen molar-refractivity contribution in [3.05, 3.63) is 46.8 Å². The van der Waals surface area contributed by atoms with Crippen LogP contribution in [0, 0.1) is 5.92 Å². The van der Waals surface area contributed by atoms with Crippen molar-refractivity contribution in [2.45, 2.75) is 34.1 Å². The van der Waals surface area contributed by atoms with E-state index in [1.165, 1.54) is 36.4 Å². The number of carbonyl (C=O) groups is 1. The van der Waals surface area contributed by atoms with Crippen LogP contribution in [0.25, 0.3) is 0 Å². The minimum atomic E-state index is 0.0814. The molecule has 5 heterocycles. The number of rotatable bonds is 5. The SMILES string of the molecule is O=C(NC1CN2CCC1CC2)c1ccc(Sc2ccc(C3CNCCO3)cc2)s1. The molecule has 4 fully saturated rings. The number of carbonyl (C=O) groups excluding carboxylic acids is 1. The van der Waals surface area contributed by atoms with E-state index >= 15 is 0 Å². The van der Waals surface area contributed by atoms with Crippen LogP contribution in [-0.4, -0.2) is 56.2 Å². The summed E-state index contributed by atoms with van der Waals surface area (Å²) < 4.78 is 6.96. The van der Waals surface area contributed by atoms with Crippen molar-refractivity contribution in [1.82, 2.24) is 15.5 Å². The van der Waals surface area contributed by atoms with Crippen molar-refractivity contribution < 1.29 is 9.53 Å². The van der Waals surface area contributed by atoms with E-state index in [4.69, 9.17) is 4.74 Å². The van der Waals surface area contributed by atoms with Crippen LogP contribution in [0.3, 0.4) is 0 Å². The quantitative estimate of drug-likeness (QED) is 0.763. The first kappa shape index (κ1) is 19.6. The zero-order valence-corrected chi connectivity index (χ0v) is 18.1. The zero-order valence-electron chi connectivity index (χ0n) is 16.4. The van der Waals surface area contributed by atoms with Crippen molar-refractivity contribution >= 4 is 29.0 Å². The van der Waals surface area contributed by atoms with E-state index in [-0.39, 0.29) is 12.0 Å². The van der Waals surface area contributed by atoms with E-state index in [0.717, 1.165) is 35.3 Å². The highest BCUT2D eigenvalue weighted by molar-refractivity contribution is 8.01. The Hall–Kier alpha value is -1.38. The van der Waals surface area contributed by atoms with E-state index < -0.39 is 0 Å². The third-order valence-electron chi connectivity index (χ3n) is 6.18. The molecule has 1 amide bonds. The monoisotopic (exact) mass is 429 g/mol. The molecule has 1 aromatic heterocycles. The minimum absolute atomic E-state index is 0.0814. The molecule has 0 aliphatic carbocycles. The smallest absolute Gasteiger partial charge is 0.261 e. The first-order valence-electron chi connectivity index (χ1n) is 10.5. The highest BCUT2D eigenvalue weighted by Crippen LogP contribution is 2.35. The van der Waals surface area contributed by atoms with Crippen LogP contribution >= 0.6 is 23.1 Å². The average Bonchev–Trinajstić information content (AvgIpc) is 3.24. The molecule has 6 rings (SSSR count). The maximum Gasteiger partial charge on any atom is 0.261 e. The number of hydrogen-bond acceptors (Lipinski definition) is 6. The summed E-state index contributed by atoms with van der Waals surface area (Å²) in [5, 5.41) is 6.66. The Balaban J connectivity index is 1.18. The summed E-state index contributed by atoms with van der Waals surface area (Å²) >= 11 is 3.29. The zero-order chi connectivity index (χ0) is 19.6. The molecule has 4 saturated heterocycles. The first-order valence-corrected chi connectivity index (χ1v) is 12.1. The summed E-state index contributed by atoms with van der Waals surface area (Å²) in [5.74, 6) is 0.734. The second-order valence-electron chi connectivity index (χ2n) is 8.07. The summed E-state index contributed by atoms with van der Waals surface area (Å²) in [6, 6.07) is 12.9. The van der Waals surface area contributed by atoms with Gasteiger partial charge in [-0.25, -0.2) is 0 Å². The van der Waals surface area contributed by atoms with Gasteiger partial charge in [-0.05, 0) is 61.7 Å². The molecule has 0 saturated carbocycles. The molecule has 2 aromatic rings. The molecule has 2 N–H and O–H groups in total.